The number of carbonyl (C=O) groups excluding carboxylic acids is 1. The van der Waals surface area contributed by atoms with Crippen LogP contribution in [0.4, 0.5) is 0 Å². The van der Waals surface area contributed by atoms with Gasteiger partial charge in [-0.15, -0.1) is 0 Å². The molecule has 1 saturated heterocycles. The van der Waals surface area contributed by atoms with Gasteiger partial charge in [0, 0.05) is 7.11 Å². The van der Waals surface area contributed by atoms with E-state index >= 15 is 0 Å². The van der Waals surface area contributed by atoms with E-state index in [0.717, 1.165) is 25.8 Å². The number of nitrogens with one attached hydrogen (secondary N) is 2. The van der Waals surface area contributed by atoms with Crippen molar-refractivity contribution in [2.45, 2.75) is 38.3 Å². The minimum Gasteiger partial charge on any atom is -0.383 e. The summed E-state index contributed by atoms with van der Waals surface area (Å²) in [5.41, 5.74) is 0. The first-order valence-electron chi connectivity index (χ1n) is 5.30. The largest absolute Gasteiger partial charge is 0.383 e. The fourth-order valence-corrected chi connectivity index (χ4v) is 1.67. The molecule has 1 unspecified atom stereocenters. The Morgan fingerprint density at radius 1 is 1.71 bits per heavy atom. The summed E-state index contributed by atoms with van der Waals surface area (Å²) in [6.45, 7) is 3.60. The van der Waals surface area contributed by atoms with Gasteiger partial charge in [-0.05, 0) is 25.8 Å². The molecule has 1 aliphatic heterocycles. The Morgan fingerprint density at radius 2 is 2.50 bits per heavy atom. The van der Waals surface area contributed by atoms with E-state index in [2.05, 4.69) is 10.6 Å². The van der Waals surface area contributed by atoms with Gasteiger partial charge < -0.3 is 15.4 Å². The average molecular weight is 200 g/mol. The molecule has 0 radical (unpaired) electrons. The number of hydrogen-bond acceptors (Lipinski definition) is 3. The van der Waals surface area contributed by atoms with Crippen LogP contribution in [0.2, 0.25) is 0 Å². The Bertz CT molecular complexity index is 179. The molecule has 2 atom stereocenters. The minimum atomic E-state index is 0.0147. The summed E-state index contributed by atoms with van der Waals surface area (Å²) in [6.07, 6.45) is 2.96. The molecule has 0 aliphatic carbocycles. The summed E-state index contributed by atoms with van der Waals surface area (Å²) < 4.78 is 5.02. The summed E-state index contributed by atoms with van der Waals surface area (Å²) >= 11 is 0. The van der Waals surface area contributed by atoms with Crippen LogP contribution in [0.5, 0.6) is 0 Å². The van der Waals surface area contributed by atoms with Crippen LogP contribution in [0.1, 0.15) is 26.2 Å². The number of carbonyl (C=O) groups is 1. The van der Waals surface area contributed by atoms with Crippen molar-refractivity contribution in [1.82, 2.24) is 10.6 Å². The van der Waals surface area contributed by atoms with Gasteiger partial charge in [0.05, 0.1) is 18.7 Å². The summed E-state index contributed by atoms with van der Waals surface area (Å²) in [7, 11) is 1.66. The maximum Gasteiger partial charge on any atom is 0.237 e. The maximum absolute atomic E-state index is 11.7. The molecule has 0 aromatic heterocycles. The van der Waals surface area contributed by atoms with Crippen molar-refractivity contribution in [2.75, 3.05) is 20.3 Å². The summed E-state index contributed by atoms with van der Waals surface area (Å²) in [5, 5.41) is 6.16. The summed E-state index contributed by atoms with van der Waals surface area (Å²) in [5.74, 6) is 0.117. The van der Waals surface area contributed by atoms with Gasteiger partial charge >= 0.3 is 0 Å². The SMILES string of the molecule is CCC(COC)NC(=O)[C@H]1CCCN1. The van der Waals surface area contributed by atoms with E-state index in [4.69, 9.17) is 4.74 Å². The Labute approximate surface area is 85.4 Å². The van der Waals surface area contributed by atoms with Crippen molar-refractivity contribution < 1.29 is 9.53 Å². The Morgan fingerprint density at radius 3 is 3.00 bits per heavy atom. The lowest BCUT2D eigenvalue weighted by molar-refractivity contribution is -0.123. The number of rotatable bonds is 5. The Kier molecular flexibility index (Phi) is 4.90. The first-order chi connectivity index (χ1) is 6.77. The lowest BCUT2D eigenvalue weighted by atomic mass is 10.2. The highest BCUT2D eigenvalue weighted by molar-refractivity contribution is 5.82. The van der Waals surface area contributed by atoms with Crippen LogP contribution >= 0.6 is 0 Å². The van der Waals surface area contributed by atoms with Crippen LogP contribution in [-0.2, 0) is 9.53 Å². The third-order valence-corrected chi connectivity index (χ3v) is 2.58. The monoisotopic (exact) mass is 200 g/mol. The number of methoxy groups -OCH3 is 1. The van der Waals surface area contributed by atoms with Crippen molar-refractivity contribution in [3.8, 4) is 0 Å². The van der Waals surface area contributed by atoms with Gasteiger partial charge in [0.25, 0.3) is 0 Å². The molecule has 1 amide bonds. The highest BCUT2D eigenvalue weighted by Crippen LogP contribution is 2.05. The molecule has 0 aromatic rings. The second-order valence-electron chi connectivity index (χ2n) is 3.72. The van der Waals surface area contributed by atoms with Gasteiger partial charge in [0.2, 0.25) is 5.91 Å². The molecule has 0 aromatic carbocycles. The van der Waals surface area contributed by atoms with Crippen molar-refractivity contribution in [2.24, 2.45) is 0 Å². The number of hydrogen-bond donors (Lipinski definition) is 2. The van der Waals surface area contributed by atoms with Crippen molar-refractivity contribution in [3.63, 3.8) is 0 Å². The zero-order chi connectivity index (χ0) is 10.4. The highest BCUT2D eigenvalue weighted by atomic mass is 16.5. The van der Waals surface area contributed by atoms with E-state index in [1.54, 1.807) is 7.11 Å². The lowest BCUT2D eigenvalue weighted by Gasteiger charge is -2.18. The Balaban J connectivity index is 2.29. The van der Waals surface area contributed by atoms with Crippen LogP contribution in [0.3, 0.4) is 0 Å². The van der Waals surface area contributed by atoms with Gasteiger partial charge in [-0.25, -0.2) is 0 Å². The molecule has 1 rings (SSSR count). The van der Waals surface area contributed by atoms with E-state index in [1.165, 1.54) is 0 Å². The molecule has 14 heavy (non-hydrogen) atoms. The highest BCUT2D eigenvalue weighted by Gasteiger charge is 2.23. The van der Waals surface area contributed by atoms with E-state index in [9.17, 15) is 4.79 Å². The van der Waals surface area contributed by atoms with Gasteiger partial charge in [0.15, 0.2) is 0 Å². The van der Waals surface area contributed by atoms with E-state index in [0.29, 0.717) is 6.61 Å². The van der Waals surface area contributed by atoms with Gasteiger partial charge in [-0.3, -0.25) is 4.79 Å². The third kappa shape index (κ3) is 3.27. The second-order valence-corrected chi connectivity index (χ2v) is 3.72. The van der Waals surface area contributed by atoms with E-state index in [-0.39, 0.29) is 18.0 Å². The van der Waals surface area contributed by atoms with Gasteiger partial charge in [-0.1, -0.05) is 6.92 Å². The molecule has 1 heterocycles. The Hall–Kier alpha value is -0.610. The zero-order valence-electron chi connectivity index (χ0n) is 9.01. The molecule has 82 valence electrons. The maximum atomic E-state index is 11.7. The van der Waals surface area contributed by atoms with Crippen LogP contribution in [0.25, 0.3) is 0 Å². The van der Waals surface area contributed by atoms with E-state index in [1.807, 2.05) is 6.92 Å². The number of ether oxygens (including phenoxy) is 1. The quantitative estimate of drug-likeness (QED) is 0.670. The van der Waals surface area contributed by atoms with Gasteiger partial charge in [0.1, 0.15) is 0 Å². The van der Waals surface area contributed by atoms with Crippen LogP contribution in [0.15, 0.2) is 0 Å². The predicted octanol–water partition coefficient (Wildman–Crippen LogP) is 0.280. The minimum absolute atomic E-state index is 0.0147. The average Bonchev–Trinajstić information content (AvgIpc) is 2.69. The van der Waals surface area contributed by atoms with Crippen molar-refractivity contribution >= 4 is 5.91 Å². The fraction of sp³-hybridized carbons (Fsp3) is 0.900. The van der Waals surface area contributed by atoms with Crippen LogP contribution in [-0.4, -0.2) is 38.3 Å². The third-order valence-electron chi connectivity index (χ3n) is 2.58. The summed E-state index contributed by atoms with van der Waals surface area (Å²) in [6, 6.07) is 0.163. The first kappa shape index (κ1) is 11.5. The normalized spacial score (nSPS) is 23.4. The molecule has 1 aliphatic rings. The molecule has 1 fully saturated rings. The molecule has 4 nitrogen and oxygen atoms in total. The molecule has 0 spiro atoms. The standard InChI is InChI=1S/C10H20N2O2/c1-3-8(7-14-2)12-10(13)9-5-4-6-11-9/h8-9,11H,3-7H2,1-2H3,(H,12,13)/t8?,9-/m1/s1. The fourth-order valence-electron chi connectivity index (χ4n) is 1.67. The molecule has 0 saturated carbocycles. The number of amides is 1. The first-order valence-corrected chi connectivity index (χ1v) is 5.30. The molecule has 4 heteroatoms. The van der Waals surface area contributed by atoms with Crippen molar-refractivity contribution in [3.05, 3.63) is 0 Å². The molecule has 2 N–H and O–H groups in total. The van der Waals surface area contributed by atoms with Gasteiger partial charge in [-0.2, -0.15) is 0 Å². The summed E-state index contributed by atoms with van der Waals surface area (Å²) in [4.78, 5) is 11.7. The second kappa shape index (κ2) is 5.98. The zero-order valence-corrected chi connectivity index (χ0v) is 9.01. The van der Waals surface area contributed by atoms with Crippen LogP contribution < -0.4 is 10.6 Å². The molecule has 0 bridgehead atoms. The smallest absolute Gasteiger partial charge is 0.237 e. The topological polar surface area (TPSA) is 50.4 Å². The molecular weight excluding hydrogens is 180 g/mol. The van der Waals surface area contributed by atoms with Crippen molar-refractivity contribution in [1.29, 1.82) is 0 Å². The molecular formula is C10H20N2O2. The van der Waals surface area contributed by atoms with E-state index < -0.39 is 0 Å². The predicted molar refractivity (Wildman–Crippen MR) is 55.1 cm³/mol. The van der Waals surface area contributed by atoms with Crippen LogP contribution in [0, 0.1) is 0 Å². The lowest BCUT2D eigenvalue weighted by Crippen LogP contribution is -2.46.